The van der Waals surface area contributed by atoms with Gasteiger partial charge in [-0.25, -0.2) is 13.2 Å². The summed E-state index contributed by atoms with van der Waals surface area (Å²) in [4.78, 5) is 11.3. The van der Waals surface area contributed by atoms with Crippen LogP contribution in [-0.4, -0.2) is 39.5 Å². The van der Waals surface area contributed by atoms with Crippen LogP contribution in [0.4, 0.5) is 5.69 Å². The van der Waals surface area contributed by atoms with Gasteiger partial charge in [0.15, 0.2) is 0 Å². The van der Waals surface area contributed by atoms with Gasteiger partial charge in [0.25, 0.3) is 0 Å². The quantitative estimate of drug-likeness (QED) is 0.818. The molecule has 0 aliphatic rings. The van der Waals surface area contributed by atoms with Crippen LogP contribution in [0.5, 0.6) is 0 Å². The Morgan fingerprint density at radius 2 is 2.11 bits per heavy atom. The fourth-order valence-corrected chi connectivity index (χ4v) is 2.63. The van der Waals surface area contributed by atoms with Gasteiger partial charge in [-0.05, 0) is 25.1 Å². The smallest absolute Gasteiger partial charge is 0.337 e. The monoisotopic (exact) mass is 271 g/mol. The van der Waals surface area contributed by atoms with E-state index in [1.54, 1.807) is 31.2 Å². The molecule has 0 radical (unpaired) electrons. The topological polar surface area (TPSA) is 72.5 Å². The maximum absolute atomic E-state index is 11.3. The molecule has 1 unspecified atom stereocenters. The lowest BCUT2D eigenvalue weighted by Crippen LogP contribution is -2.25. The second kappa shape index (κ2) is 5.86. The summed E-state index contributed by atoms with van der Waals surface area (Å²) in [7, 11) is -1.71. The van der Waals surface area contributed by atoms with Crippen LogP contribution in [0.15, 0.2) is 24.3 Å². The molecule has 5 nitrogen and oxygen atoms in total. The number of carbonyl (C=O) groups excluding carboxylic acids is 1. The van der Waals surface area contributed by atoms with E-state index in [4.69, 9.17) is 0 Å². The molecule has 1 rings (SSSR count). The first-order valence-electron chi connectivity index (χ1n) is 5.44. The number of sulfone groups is 1. The molecule has 0 saturated heterocycles. The first kappa shape index (κ1) is 14.5. The number of methoxy groups -OCH3 is 1. The third-order valence-corrected chi connectivity index (χ3v) is 3.35. The van der Waals surface area contributed by atoms with Crippen molar-refractivity contribution in [1.82, 2.24) is 0 Å². The van der Waals surface area contributed by atoms with Crippen LogP contribution >= 0.6 is 0 Å². The molecule has 0 amide bonds. The van der Waals surface area contributed by atoms with Gasteiger partial charge in [0.2, 0.25) is 0 Å². The number of nitrogens with one attached hydrogen (secondary N) is 1. The minimum atomic E-state index is -3.03. The molecular formula is C12H17NO4S. The SMILES string of the molecule is COC(=O)c1cccc(NC(C)CS(C)(=O)=O)c1. The molecule has 0 aliphatic carbocycles. The summed E-state index contributed by atoms with van der Waals surface area (Å²) in [5.74, 6) is -0.385. The summed E-state index contributed by atoms with van der Waals surface area (Å²) in [6.07, 6.45) is 1.19. The predicted octanol–water partition coefficient (Wildman–Crippen LogP) is 1.32. The number of esters is 1. The zero-order valence-electron chi connectivity index (χ0n) is 10.6. The standard InChI is InChI=1S/C12H17NO4S/c1-9(8-18(3,15)16)13-11-6-4-5-10(7-11)12(14)17-2/h4-7,9,13H,8H2,1-3H3. The fraction of sp³-hybridized carbons (Fsp3) is 0.417. The fourth-order valence-electron chi connectivity index (χ4n) is 1.63. The lowest BCUT2D eigenvalue weighted by molar-refractivity contribution is 0.0601. The number of ether oxygens (including phenoxy) is 1. The van der Waals surface area contributed by atoms with Gasteiger partial charge in [0, 0.05) is 18.0 Å². The van der Waals surface area contributed by atoms with Gasteiger partial charge in [0.1, 0.15) is 9.84 Å². The average molecular weight is 271 g/mol. The summed E-state index contributed by atoms with van der Waals surface area (Å²) < 4.78 is 26.9. The molecule has 0 spiro atoms. The van der Waals surface area contributed by atoms with Crippen LogP contribution in [-0.2, 0) is 14.6 Å². The van der Waals surface area contributed by atoms with Crippen molar-refractivity contribution < 1.29 is 17.9 Å². The highest BCUT2D eigenvalue weighted by Crippen LogP contribution is 2.13. The Hall–Kier alpha value is -1.56. The predicted molar refractivity (Wildman–Crippen MR) is 70.6 cm³/mol. The van der Waals surface area contributed by atoms with Gasteiger partial charge >= 0.3 is 5.97 Å². The lowest BCUT2D eigenvalue weighted by Gasteiger charge is -2.14. The molecule has 1 atom stereocenters. The number of rotatable bonds is 5. The Bertz CT molecular complexity index is 525. The summed E-state index contributed by atoms with van der Waals surface area (Å²) in [6, 6.07) is 6.52. The molecule has 1 aromatic rings. The summed E-state index contributed by atoms with van der Waals surface area (Å²) >= 11 is 0. The zero-order chi connectivity index (χ0) is 13.8. The molecular weight excluding hydrogens is 254 g/mol. The molecule has 100 valence electrons. The molecule has 0 aromatic heterocycles. The van der Waals surface area contributed by atoms with Crippen molar-refractivity contribution in [3.63, 3.8) is 0 Å². The van der Waals surface area contributed by atoms with Crippen molar-refractivity contribution in [2.24, 2.45) is 0 Å². The lowest BCUT2D eigenvalue weighted by atomic mass is 10.2. The van der Waals surface area contributed by atoms with E-state index in [1.165, 1.54) is 13.4 Å². The van der Waals surface area contributed by atoms with Crippen molar-refractivity contribution >= 4 is 21.5 Å². The molecule has 1 aromatic carbocycles. The minimum absolute atomic E-state index is 0.0372. The van der Waals surface area contributed by atoms with Crippen LogP contribution in [0.3, 0.4) is 0 Å². The Labute approximate surface area is 107 Å². The number of anilines is 1. The van der Waals surface area contributed by atoms with Crippen molar-refractivity contribution in [3.05, 3.63) is 29.8 Å². The van der Waals surface area contributed by atoms with Crippen molar-refractivity contribution in [2.45, 2.75) is 13.0 Å². The van der Waals surface area contributed by atoms with Crippen LogP contribution in [0.2, 0.25) is 0 Å². The Morgan fingerprint density at radius 1 is 1.44 bits per heavy atom. The van der Waals surface area contributed by atoms with Crippen molar-refractivity contribution in [1.29, 1.82) is 0 Å². The Kier molecular flexibility index (Phi) is 4.72. The van der Waals surface area contributed by atoms with E-state index in [-0.39, 0.29) is 11.8 Å². The van der Waals surface area contributed by atoms with Gasteiger partial charge in [-0.15, -0.1) is 0 Å². The third-order valence-electron chi connectivity index (χ3n) is 2.25. The second-order valence-corrected chi connectivity index (χ2v) is 6.40. The maximum atomic E-state index is 11.3. The molecule has 6 heteroatoms. The van der Waals surface area contributed by atoms with Crippen LogP contribution < -0.4 is 5.32 Å². The van der Waals surface area contributed by atoms with E-state index < -0.39 is 15.8 Å². The zero-order valence-corrected chi connectivity index (χ0v) is 11.5. The second-order valence-electron chi connectivity index (χ2n) is 4.21. The van der Waals surface area contributed by atoms with Gasteiger partial charge in [-0.3, -0.25) is 0 Å². The number of hydrogen-bond acceptors (Lipinski definition) is 5. The average Bonchev–Trinajstić information content (AvgIpc) is 2.25. The van der Waals surface area contributed by atoms with E-state index in [1.807, 2.05) is 0 Å². The van der Waals surface area contributed by atoms with Gasteiger partial charge in [-0.2, -0.15) is 0 Å². The molecule has 0 bridgehead atoms. The molecule has 0 saturated carbocycles. The summed E-state index contributed by atoms with van der Waals surface area (Å²) in [5, 5.41) is 3.03. The highest BCUT2D eigenvalue weighted by atomic mass is 32.2. The van der Waals surface area contributed by atoms with Gasteiger partial charge in [0.05, 0.1) is 18.4 Å². The first-order valence-corrected chi connectivity index (χ1v) is 7.50. The number of hydrogen-bond donors (Lipinski definition) is 1. The number of carbonyl (C=O) groups is 1. The van der Waals surface area contributed by atoms with Crippen LogP contribution in [0.1, 0.15) is 17.3 Å². The normalized spacial score (nSPS) is 12.8. The highest BCUT2D eigenvalue weighted by Gasteiger charge is 2.11. The van der Waals surface area contributed by atoms with Crippen molar-refractivity contribution in [2.75, 3.05) is 24.4 Å². The van der Waals surface area contributed by atoms with E-state index in [9.17, 15) is 13.2 Å². The minimum Gasteiger partial charge on any atom is -0.465 e. The Balaban J connectivity index is 2.76. The molecule has 1 N–H and O–H groups in total. The number of benzene rings is 1. The Morgan fingerprint density at radius 3 is 2.67 bits per heavy atom. The van der Waals surface area contributed by atoms with E-state index in [0.717, 1.165) is 0 Å². The first-order chi connectivity index (χ1) is 8.31. The molecule has 0 aliphatic heterocycles. The molecule has 0 heterocycles. The largest absolute Gasteiger partial charge is 0.465 e. The van der Waals surface area contributed by atoms with E-state index in [0.29, 0.717) is 11.3 Å². The van der Waals surface area contributed by atoms with Gasteiger partial charge in [-0.1, -0.05) is 6.07 Å². The highest BCUT2D eigenvalue weighted by molar-refractivity contribution is 7.90. The van der Waals surface area contributed by atoms with Crippen molar-refractivity contribution in [3.8, 4) is 0 Å². The van der Waals surface area contributed by atoms with E-state index >= 15 is 0 Å². The van der Waals surface area contributed by atoms with Crippen LogP contribution in [0.25, 0.3) is 0 Å². The summed E-state index contributed by atoms with van der Waals surface area (Å²) in [5.41, 5.74) is 1.11. The van der Waals surface area contributed by atoms with Crippen LogP contribution in [0, 0.1) is 0 Å². The van der Waals surface area contributed by atoms with Gasteiger partial charge < -0.3 is 10.1 Å². The molecule has 0 fully saturated rings. The maximum Gasteiger partial charge on any atom is 0.337 e. The summed E-state index contributed by atoms with van der Waals surface area (Å²) in [6.45, 7) is 1.77. The van der Waals surface area contributed by atoms with E-state index in [2.05, 4.69) is 10.1 Å². The third kappa shape index (κ3) is 4.75. The molecule has 18 heavy (non-hydrogen) atoms.